The molecular formula is C19H22F3N5O2. The van der Waals surface area contributed by atoms with Crippen molar-refractivity contribution in [3.8, 4) is 5.75 Å². The number of fused-ring (bicyclic) bond motifs is 1. The minimum Gasteiger partial charge on any atom is -0.484 e. The van der Waals surface area contributed by atoms with Crippen LogP contribution in [0.15, 0.2) is 35.3 Å². The van der Waals surface area contributed by atoms with E-state index in [0.717, 1.165) is 5.56 Å². The molecule has 29 heavy (non-hydrogen) atoms. The van der Waals surface area contributed by atoms with E-state index in [2.05, 4.69) is 15.1 Å². The number of anilines is 1. The molecular weight excluding hydrogens is 387 g/mol. The van der Waals surface area contributed by atoms with Crippen LogP contribution in [0.3, 0.4) is 0 Å². The van der Waals surface area contributed by atoms with E-state index in [1.165, 1.54) is 18.3 Å². The number of benzene rings is 1. The van der Waals surface area contributed by atoms with Crippen molar-refractivity contribution in [1.82, 2.24) is 19.7 Å². The van der Waals surface area contributed by atoms with Gasteiger partial charge in [-0.15, -0.1) is 0 Å². The number of aromatic amines is 1. The summed E-state index contributed by atoms with van der Waals surface area (Å²) in [5, 5.41) is 4.68. The Hall–Kier alpha value is -3.04. The Labute approximate surface area is 165 Å². The summed E-state index contributed by atoms with van der Waals surface area (Å²) in [6.07, 6.45) is -2.88. The highest BCUT2D eigenvalue weighted by Gasteiger charge is 2.28. The normalized spacial score (nSPS) is 12.4. The lowest BCUT2D eigenvalue weighted by molar-refractivity contribution is -0.153. The second-order valence-electron chi connectivity index (χ2n) is 7.76. The summed E-state index contributed by atoms with van der Waals surface area (Å²) in [5.41, 5.74) is 0.672. The second kappa shape index (κ2) is 7.41. The van der Waals surface area contributed by atoms with E-state index >= 15 is 0 Å². The van der Waals surface area contributed by atoms with Gasteiger partial charge in [-0.2, -0.15) is 23.3 Å². The van der Waals surface area contributed by atoms with Gasteiger partial charge in [0.1, 0.15) is 11.1 Å². The Kier molecular flexibility index (Phi) is 5.29. The van der Waals surface area contributed by atoms with Gasteiger partial charge in [0.25, 0.3) is 5.56 Å². The van der Waals surface area contributed by atoms with Crippen LogP contribution in [-0.4, -0.2) is 39.6 Å². The van der Waals surface area contributed by atoms with Crippen LogP contribution in [-0.2, 0) is 12.1 Å². The lowest BCUT2D eigenvalue weighted by Gasteiger charge is -2.21. The van der Waals surface area contributed by atoms with E-state index < -0.39 is 12.8 Å². The second-order valence-corrected chi connectivity index (χ2v) is 7.76. The maximum absolute atomic E-state index is 12.4. The number of hydrogen-bond acceptors (Lipinski definition) is 5. The molecule has 0 fully saturated rings. The molecule has 0 saturated carbocycles. The molecule has 1 aromatic carbocycles. The van der Waals surface area contributed by atoms with Gasteiger partial charge in [0, 0.05) is 13.6 Å². The molecule has 0 atom stereocenters. The summed E-state index contributed by atoms with van der Waals surface area (Å²) < 4.78 is 43.1. The van der Waals surface area contributed by atoms with Gasteiger partial charge in [0.15, 0.2) is 12.3 Å². The summed E-state index contributed by atoms with van der Waals surface area (Å²) in [6.45, 7) is 4.95. The van der Waals surface area contributed by atoms with Crippen molar-refractivity contribution in [2.24, 2.45) is 0 Å². The smallest absolute Gasteiger partial charge is 0.422 e. The minimum atomic E-state index is -4.38. The summed E-state index contributed by atoms with van der Waals surface area (Å²) in [5.74, 6) is 0.502. The zero-order valence-corrected chi connectivity index (χ0v) is 16.5. The highest BCUT2D eigenvalue weighted by molar-refractivity contribution is 5.74. The van der Waals surface area contributed by atoms with Crippen LogP contribution in [0.5, 0.6) is 5.75 Å². The molecule has 2 heterocycles. The SMILES string of the molecule is CN(Cc1ccc(OCC(F)(F)F)cc1)c1nc2c(cnn2C(C)(C)C)c(=O)[nH]1. The molecule has 10 heteroatoms. The summed E-state index contributed by atoms with van der Waals surface area (Å²) in [7, 11) is 1.76. The molecule has 3 rings (SSSR count). The Morgan fingerprint density at radius 2 is 1.83 bits per heavy atom. The van der Waals surface area contributed by atoms with Crippen molar-refractivity contribution >= 4 is 17.0 Å². The average Bonchev–Trinajstić information content (AvgIpc) is 3.05. The number of halogens is 3. The lowest BCUT2D eigenvalue weighted by Crippen LogP contribution is -2.26. The highest BCUT2D eigenvalue weighted by Crippen LogP contribution is 2.21. The number of nitrogens with one attached hydrogen (secondary N) is 1. The standard InChI is InChI=1S/C19H22F3N5O2/c1-18(2,3)27-15-14(9-23-27)16(28)25-17(24-15)26(4)10-12-5-7-13(8-6-12)29-11-19(20,21)22/h5-9H,10-11H2,1-4H3,(H,24,25,28). The van der Waals surface area contributed by atoms with Crippen LogP contribution in [0.2, 0.25) is 0 Å². The molecule has 2 aromatic heterocycles. The number of rotatable bonds is 5. The number of alkyl halides is 3. The minimum absolute atomic E-state index is 0.135. The number of hydrogen-bond donors (Lipinski definition) is 1. The van der Waals surface area contributed by atoms with E-state index in [1.54, 1.807) is 28.8 Å². The first-order valence-electron chi connectivity index (χ1n) is 8.92. The summed E-state index contributed by atoms with van der Waals surface area (Å²) in [6, 6.07) is 6.28. The largest absolute Gasteiger partial charge is 0.484 e. The first-order valence-corrected chi connectivity index (χ1v) is 8.92. The molecule has 7 nitrogen and oxygen atoms in total. The molecule has 0 bridgehead atoms. The number of aromatic nitrogens is 4. The zero-order valence-electron chi connectivity index (χ0n) is 16.5. The third-order valence-corrected chi connectivity index (χ3v) is 4.17. The van der Waals surface area contributed by atoms with Crippen molar-refractivity contribution in [2.75, 3.05) is 18.6 Å². The van der Waals surface area contributed by atoms with Gasteiger partial charge in [0.2, 0.25) is 5.95 Å². The maximum atomic E-state index is 12.4. The summed E-state index contributed by atoms with van der Waals surface area (Å²) >= 11 is 0. The molecule has 0 unspecified atom stereocenters. The van der Waals surface area contributed by atoms with Crippen molar-refractivity contribution < 1.29 is 17.9 Å². The number of H-pyrrole nitrogens is 1. The van der Waals surface area contributed by atoms with Crippen LogP contribution in [0.4, 0.5) is 19.1 Å². The third-order valence-electron chi connectivity index (χ3n) is 4.17. The topological polar surface area (TPSA) is 76.0 Å². The lowest BCUT2D eigenvalue weighted by atomic mass is 10.1. The third kappa shape index (κ3) is 4.87. The first-order chi connectivity index (χ1) is 13.4. The quantitative estimate of drug-likeness (QED) is 0.699. The van der Waals surface area contributed by atoms with Gasteiger partial charge in [-0.05, 0) is 38.5 Å². The average molecular weight is 409 g/mol. The summed E-state index contributed by atoms with van der Waals surface area (Å²) in [4.78, 5) is 21.4. The van der Waals surface area contributed by atoms with Crippen LogP contribution in [0.1, 0.15) is 26.3 Å². The van der Waals surface area contributed by atoms with Gasteiger partial charge in [-0.25, -0.2) is 4.68 Å². The van der Waals surface area contributed by atoms with Crippen molar-refractivity contribution in [1.29, 1.82) is 0 Å². The number of nitrogens with zero attached hydrogens (tertiary/aromatic N) is 4. The molecule has 1 N–H and O–H groups in total. The van der Waals surface area contributed by atoms with E-state index in [-0.39, 0.29) is 16.8 Å². The van der Waals surface area contributed by atoms with E-state index in [1.807, 2.05) is 20.8 Å². The van der Waals surface area contributed by atoms with E-state index in [9.17, 15) is 18.0 Å². The Balaban J connectivity index is 1.79. The number of ether oxygens (including phenoxy) is 1. The fourth-order valence-electron chi connectivity index (χ4n) is 2.78. The molecule has 0 spiro atoms. The van der Waals surface area contributed by atoms with Crippen LogP contribution in [0.25, 0.3) is 11.0 Å². The molecule has 0 saturated heterocycles. The first kappa shape index (κ1) is 20.7. The Morgan fingerprint density at radius 1 is 1.17 bits per heavy atom. The van der Waals surface area contributed by atoms with E-state index in [0.29, 0.717) is 23.5 Å². The Bertz CT molecular complexity index is 1050. The monoisotopic (exact) mass is 409 g/mol. The van der Waals surface area contributed by atoms with Crippen molar-refractivity contribution in [3.05, 3.63) is 46.4 Å². The molecule has 0 aliphatic rings. The van der Waals surface area contributed by atoms with Crippen molar-refractivity contribution in [2.45, 2.75) is 39.0 Å². The van der Waals surface area contributed by atoms with E-state index in [4.69, 9.17) is 4.74 Å². The van der Waals surface area contributed by atoms with Crippen LogP contribution < -0.4 is 15.2 Å². The molecule has 0 aliphatic heterocycles. The fourth-order valence-corrected chi connectivity index (χ4v) is 2.78. The van der Waals surface area contributed by atoms with Crippen LogP contribution in [0, 0.1) is 0 Å². The van der Waals surface area contributed by atoms with Gasteiger partial charge < -0.3 is 9.64 Å². The van der Waals surface area contributed by atoms with Gasteiger partial charge in [0.05, 0.1) is 11.7 Å². The molecule has 0 aliphatic carbocycles. The highest BCUT2D eigenvalue weighted by atomic mass is 19.4. The molecule has 0 radical (unpaired) electrons. The van der Waals surface area contributed by atoms with Gasteiger partial charge >= 0.3 is 6.18 Å². The predicted octanol–water partition coefficient (Wildman–Crippen LogP) is 3.45. The zero-order chi connectivity index (χ0) is 21.4. The maximum Gasteiger partial charge on any atom is 0.422 e. The van der Waals surface area contributed by atoms with Crippen molar-refractivity contribution in [3.63, 3.8) is 0 Å². The van der Waals surface area contributed by atoms with Gasteiger partial charge in [-0.3, -0.25) is 9.78 Å². The fraction of sp³-hybridized carbons (Fsp3) is 0.421. The van der Waals surface area contributed by atoms with Gasteiger partial charge in [-0.1, -0.05) is 12.1 Å². The Morgan fingerprint density at radius 3 is 2.41 bits per heavy atom. The molecule has 156 valence electrons. The van der Waals surface area contributed by atoms with Crippen LogP contribution >= 0.6 is 0 Å². The molecule has 0 amide bonds. The predicted molar refractivity (Wildman–Crippen MR) is 103 cm³/mol. The molecule has 3 aromatic rings.